The smallest absolute Gasteiger partial charge is 0.406 e. The van der Waals surface area contributed by atoms with E-state index in [0.29, 0.717) is 11.3 Å². The van der Waals surface area contributed by atoms with Crippen molar-refractivity contribution in [2.45, 2.75) is 26.3 Å². The van der Waals surface area contributed by atoms with Crippen LogP contribution in [0.1, 0.15) is 18.1 Å². The molecule has 0 atom stereocenters. The first-order valence-electron chi connectivity index (χ1n) is 8.07. The zero-order valence-corrected chi connectivity index (χ0v) is 14.8. The van der Waals surface area contributed by atoms with E-state index in [9.17, 15) is 22.8 Å². The van der Waals surface area contributed by atoms with E-state index in [4.69, 9.17) is 0 Å². The number of alkyl halides is 3. The Morgan fingerprint density at radius 2 is 1.56 bits per heavy atom. The summed E-state index contributed by atoms with van der Waals surface area (Å²) in [6.45, 7) is 1.67. The molecule has 2 amide bonds. The van der Waals surface area contributed by atoms with Gasteiger partial charge in [-0.1, -0.05) is 24.3 Å². The fourth-order valence-electron chi connectivity index (χ4n) is 2.38. The average Bonchev–Trinajstić information content (AvgIpc) is 2.56. The van der Waals surface area contributed by atoms with Gasteiger partial charge in [0.1, 0.15) is 5.75 Å². The Balaban J connectivity index is 1.90. The van der Waals surface area contributed by atoms with Gasteiger partial charge < -0.3 is 15.0 Å². The minimum Gasteiger partial charge on any atom is -0.406 e. The number of likely N-dealkylation sites (N-methyl/N-ethyl adjacent to an activating group) is 1. The van der Waals surface area contributed by atoms with Crippen LogP contribution in [0.15, 0.2) is 48.5 Å². The Morgan fingerprint density at radius 1 is 1.00 bits per heavy atom. The van der Waals surface area contributed by atoms with Crippen molar-refractivity contribution in [3.05, 3.63) is 59.7 Å². The second-order valence-electron chi connectivity index (χ2n) is 6.00. The quantitative estimate of drug-likeness (QED) is 0.831. The summed E-state index contributed by atoms with van der Waals surface area (Å²) in [4.78, 5) is 24.8. The van der Waals surface area contributed by atoms with Gasteiger partial charge in [0.25, 0.3) is 0 Å². The standard InChI is InChI=1S/C19H19F3N2O3/c1-13(25)23-16-7-3-14(4-8-16)11-18(26)24(2)12-15-5-9-17(10-6-15)27-19(20,21)22/h3-10H,11-12H2,1-2H3,(H,23,25). The lowest BCUT2D eigenvalue weighted by Gasteiger charge is -2.18. The van der Waals surface area contributed by atoms with Gasteiger partial charge in [0.15, 0.2) is 0 Å². The average molecular weight is 380 g/mol. The first-order chi connectivity index (χ1) is 12.6. The number of hydrogen-bond donors (Lipinski definition) is 1. The Bertz CT molecular complexity index is 787. The van der Waals surface area contributed by atoms with Crippen LogP contribution in [0.3, 0.4) is 0 Å². The van der Waals surface area contributed by atoms with Crippen LogP contribution in [0.25, 0.3) is 0 Å². The summed E-state index contributed by atoms with van der Waals surface area (Å²) in [6, 6.07) is 12.3. The molecule has 0 heterocycles. The number of ether oxygens (including phenoxy) is 1. The number of nitrogens with zero attached hydrogens (tertiary/aromatic N) is 1. The predicted octanol–water partition coefficient (Wildman–Crippen LogP) is 3.74. The molecule has 0 unspecified atom stereocenters. The Morgan fingerprint density at radius 3 is 2.07 bits per heavy atom. The second-order valence-corrected chi connectivity index (χ2v) is 6.00. The molecule has 0 saturated carbocycles. The van der Waals surface area contributed by atoms with Crippen LogP contribution in [0, 0.1) is 0 Å². The summed E-state index contributed by atoms with van der Waals surface area (Å²) in [7, 11) is 1.62. The summed E-state index contributed by atoms with van der Waals surface area (Å²) in [5.41, 5.74) is 2.12. The highest BCUT2D eigenvalue weighted by Crippen LogP contribution is 2.23. The Labute approximate surface area is 154 Å². The van der Waals surface area contributed by atoms with Gasteiger partial charge in [0.05, 0.1) is 6.42 Å². The summed E-state index contributed by atoms with van der Waals surface area (Å²) < 4.78 is 40.3. The molecule has 0 aliphatic rings. The van der Waals surface area contributed by atoms with E-state index in [1.165, 1.54) is 36.1 Å². The van der Waals surface area contributed by atoms with Crippen molar-refractivity contribution >= 4 is 17.5 Å². The van der Waals surface area contributed by atoms with E-state index in [-0.39, 0.29) is 30.5 Å². The highest BCUT2D eigenvalue weighted by molar-refractivity contribution is 5.88. The number of nitrogens with one attached hydrogen (secondary N) is 1. The fraction of sp³-hybridized carbons (Fsp3) is 0.263. The van der Waals surface area contributed by atoms with Gasteiger partial charge in [0.2, 0.25) is 11.8 Å². The fourth-order valence-corrected chi connectivity index (χ4v) is 2.38. The number of halogens is 3. The molecule has 0 spiro atoms. The van der Waals surface area contributed by atoms with Gasteiger partial charge >= 0.3 is 6.36 Å². The van der Waals surface area contributed by atoms with E-state index < -0.39 is 6.36 Å². The zero-order valence-electron chi connectivity index (χ0n) is 14.8. The van der Waals surface area contributed by atoms with Crippen molar-refractivity contribution in [2.24, 2.45) is 0 Å². The van der Waals surface area contributed by atoms with Crippen LogP contribution in [0.4, 0.5) is 18.9 Å². The number of benzene rings is 2. The topological polar surface area (TPSA) is 58.6 Å². The largest absolute Gasteiger partial charge is 0.573 e. The summed E-state index contributed by atoms with van der Waals surface area (Å²) in [5.74, 6) is -0.623. The van der Waals surface area contributed by atoms with Crippen LogP contribution in [-0.4, -0.2) is 30.1 Å². The SMILES string of the molecule is CC(=O)Nc1ccc(CC(=O)N(C)Cc2ccc(OC(F)(F)F)cc2)cc1. The monoisotopic (exact) mass is 380 g/mol. The molecule has 0 aromatic heterocycles. The number of carbonyl (C=O) groups is 2. The van der Waals surface area contributed by atoms with Crippen LogP contribution in [-0.2, 0) is 22.6 Å². The maximum atomic E-state index is 12.3. The number of rotatable bonds is 6. The molecule has 27 heavy (non-hydrogen) atoms. The van der Waals surface area contributed by atoms with E-state index in [1.807, 2.05) is 0 Å². The number of anilines is 1. The molecule has 1 N–H and O–H groups in total. The molecule has 0 aliphatic heterocycles. The van der Waals surface area contributed by atoms with Gasteiger partial charge in [-0.05, 0) is 35.4 Å². The number of amides is 2. The molecular formula is C19H19F3N2O3. The number of hydrogen-bond acceptors (Lipinski definition) is 3. The predicted molar refractivity (Wildman–Crippen MR) is 94.0 cm³/mol. The molecule has 0 saturated heterocycles. The van der Waals surface area contributed by atoms with Crippen molar-refractivity contribution in [1.82, 2.24) is 4.90 Å². The summed E-state index contributed by atoms with van der Waals surface area (Å²) in [6.07, 6.45) is -4.56. The second kappa shape index (κ2) is 8.57. The van der Waals surface area contributed by atoms with Gasteiger partial charge in [-0.15, -0.1) is 13.2 Å². The molecule has 144 valence electrons. The minimum atomic E-state index is -4.73. The normalized spacial score (nSPS) is 11.0. The van der Waals surface area contributed by atoms with Gasteiger partial charge in [-0.2, -0.15) is 0 Å². The molecule has 0 aliphatic carbocycles. The zero-order chi connectivity index (χ0) is 20.0. The molecule has 0 bridgehead atoms. The summed E-state index contributed by atoms with van der Waals surface area (Å²) >= 11 is 0. The lowest BCUT2D eigenvalue weighted by molar-refractivity contribution is -0.274. The molecular weight excluding hydrogens is 361 g/mol. The van der Waals surface area contributed by atoms with Gasteiger partial charge in [-0.3, -0.25) is 9.59 Å². The van der Waals surface area contributed by atoms with E-state index in [0.717, 1.165) is 5.56 Å². The molecule has 8 heteroatoms. The third kappa shape index (κ3) is 7.01. The van der Waals surface area contributed by atoms with Crippen LogP contribution >= 0.6 is 0 Å². The van der Waals surface area contributed by atoms with Crippen molar-refractivity contribution in [1.29, 1.82) is 0 Å². The molecule has 0 radical (unpaired) electrons. The van der Waals surface area contributed by atoms with Crippen LogP contribution in [0.2, 0.25) is 0 Å². The molecule has 2 aromatic rings. The van der Waals surface area contributed by atoms with Gasteiger partial charge in [-0.25, -0.2) is 0 Å². The maximum absolute atomic E-state index is 12.3. The van der Waals surface area contributed by atoms with Crippen molar-refractivity contribution < 1.29 is 27.5 Å². The number of carbonyl (C=O) groups excluding carboxylic acids is 2. The third-order valence-corrected chi connectivity index (χ3v) is 3.63. The maximum Gasteiger partial charge on any atom is 0.573 e. The van der Waals surface area contributed by atoms with Crippen LogP contribution in [0.5, 0.6) is 5.75 Å². The van der Waals surface area contributed by atoms with Crippen molar-refractivity contribution in [3.63, 3.8) is 0 Å². The van der Waals surface area contributed by atoms with E-state index >= 15 is 0 Å². The lowest BCUT2D eigenvalue weighted by Crippen LogP contribution is -2.27. The van der Waals surface area contributed by atoms with Gasteiger partial charge in [0, 0.05) is 26.2 Å². The molecule has 5 nitrogen and oxygen atoms in total. The van der Waals surface area contributed by atoms with E-state index in [2.05, 4.69) is 10.1 Å². The molecule has 2 rings (SSSR count). The minimum absolute atomic E-state index is 0.141. The highest BCUT2D eigenvalue weighted by atomic mass is 19.4. The van der Waals surface area contributed by atoms with Crippen molar-refractivity contribution in [3.8, 4) is 5.75 Å². The summed E-state index contributed by atoms with van der Waals surface area (Å²) in [5, 5.41) is 2.64. The molecule has 0 fully saturated rings. The first kappa shape index (κ1) is 20.3. The highest BCUT2D eigenvalue weighted by Gasteiger charge is 2.30. The first-order valence-corrected chi connectivity index (χ1v) is 8.07. The van der Waals surface area contributed by atoms with Crippen molar-refractivity contribution in [2.75, 3.05) is 12.4 Å². The third-order valence-electron chi connectivity index (χ3n) is 3.63. The lowest BCUT2D eigenvalue weighted by atomic mass is 10.1. The van der Waals surface area contributed by atoms with E-state index in [1.54, 1.807) is 31.3 Å². The van der Waals surface area contributed by atoms with Crippen LogP contribution < -0.4 is 10.1 Å². The Kier molecular flexibility index (Phi) is 6.44. The Hall–Kier alpha value is -3.03. The molecule has 2 aromatic carbocycles.